The molecule has 0 spiro atoms. The quantitative estimate of drug-likeness (QED) is 0.572. The van der Waals surface area contributed by atoms with E-state index in [2.05, 4.69) is 11.4 Å². The van der Waals surface area contributed by atoms with Crippen LogP contribution in [0.3, 0.4) is 0 Å². The minimum absolute atomic E-state index is 1.10. The highest BCUT2D eigenvalue weighted by molar-refractivity contribution is 5.40. The SMILES string of the molecule is CNc1c[c]ccc1. The molecule has 1 N–H and O–H groups in total. The Bertz CT molecular complexity index is 146. The second kappa shape index (κ2) is 2.36. The maximum atomic E-state index is 3.00. The fraction of sp³-hybridized carbons (Fsp3) is 0.143. The molecule has 0 aliphatic carbocycles. The van der Waals surface area contributed by atoms with E-state index < -0.39 is 0 Å². The zero-order valence-electron chi connectivity index (χ0n) is 4.81. The van der Waals surface area contributed by atoms with Crippen LogP contribution in [0, 0.1) is 6.07 Å². The summed E-state index contributed by atoms with van der Waals surface area (Å²) in [5.41, 5.74) is 1.10. The van der Waals surface area contributed by atoms with Gasteiger partial charge in [-0.05, 0) is 18.2 Å². The molecule has 1 heteroatoms. The molecule has 8 heavy (non-hydrogen) atoms. The first-order chi connectivity index (χ1) is 3.93. The van der Waals surface area contributed by atoms with E-state index in [0.29, 0.717) is 0 Å². The van der Waals surface area contributed by atoms with Crippen LogP contribution in [0.1, 0.15) is 0 Å². The molecule has 0 saturated carbocycles. The molecule has 0 aliphatic heterocycles. The molecule has 0 bridgehead atoms. The number of nitrogens with one attached hydrogen (secondary N) is 1. The second-order valence-electron chi connectivity index (χ2n) is 1.54. The minimum atomic E-state index is 1.10. The largest absolute Gasteiger partial charge is 0.388 e. The predicted molar refractivity (Wildman–Crippen MR) is 34.8 cm³/mol. The molecule has 1 radical (unpaired) electrons. The van der Waals surface area contributed by atoms with Gasteiger partial charge in [0.05, 0.1) is 0 Å². The van der Waals surface area contributed by atoms with Crippen LogP contribution >= 0.6 is 0 Å². The van der Waals surface area contributed by atoms with Gasteiger partial charge >= 0.3 is 0 Å². The zero-order chi connectivity index (χ0) is 5.82. The van der Waals surface area contributed by atoms with Gasteiger partial charge in [0, 0.05) is 12.7 Å². The van der Waals surface area contributed by atoms with Crippen molar-refractivity contribution in [3.8, 4) is 0 Å². The monoisotopic (exact) mass is 106 g/mol. The van der Waals surface area contributed by atoms with Gasteiger partial charge < -0.3 is 5.32 Å². The van der Waals surface area contributed by atoms with Crippen molar-refractivity contribution in [2.45, 2.75) is 0 Å². The third kappa shape index (κ3) is 0.997. The Hall–Kier alpha value is -0.980. The first-order valence-electron chi connectivity index (χ1n) is 2.57. The van der Waals surface area contributed by atoms with Gasteiger partial charge in [0.25, 0.3) is 0 Å². The zero-order valence-corrected chi connectivity index (χ0v) is 4.81. The highest BCUT2D eigenvalue weighted by atomic mass is 14.8. The normalized spacial score (nSPS) is 8.62. The van der Waals surface area contributed by atoms with Crippen LogP contribution in [-0.4, -0.2) is 7.05 Å². The average Bonchev–Trinajstić information content (AvgIpc) is 1.90. The highest BCUT2D eigenvalue weighted by Crippen LogP contribution is 2.00. The van der Waals surface area contributed by atoms with E-state index in [1.54, 1.807) is 0 Å². The van der Waals surface area contributed by atoms with Crippen LogP contribution in [0.2, 0.25) is 0 Å². The molecule has 0 aromatic heterocycles. The summed E-state index contributed by atoms with van der Waals surface area (Å²) in [6, 6.07) is 10.7. The Kier molecular flexibility index (Phi) is 1.52. The van der Waals surface area contributed by atoms with Gasteiger partial charge in [-0.25, -0.2) is 0 Å². The van der Waals surface area contributed by atoms with Crippen LogP contribution in [0.15, 0.2) is 24.3 Å². The molecule has 1 aromatic rings. The Balaban J connectivity index is 2.83. The average molecular weight is 106 g/mol. The van der Waals surface area contributed by atoms with E-state index in [4.69, 9.17) is 0 Å². The van der Waals surface area contributed by atoms with E-state index in [0.717, 1.165) is 5.69 Å². The molecule has 1 rings (SSSR count). The maximum Gasteiger partial charge on any atom is 0.0343 e. The number of hydrogen-bond donors (Lipinski definition) is 1. The number of benzene rings is 1. The van der Waals surface area contributed by atoms with Gasteiger partial charge in [-0.3, -0.25) is 0 Å². The first kappa shape index (κ1) is 5.16. The van der Waals surface area contributed by atoms with Crippen molar-refractivity contribution >= 4 is 5.69 Å². The smallest absolute Gasteiger partial charge is 0.0343 e. The molecule has 1 nitrogen and oxygen atoms in total. The molecular weight excluding hydrogens is 98.1 g/mol. The van der Waals surface area contributed by atoms with Crippen LogP contribution in [-0.2, 0) is 0 Å². The maximum absolute atomic E-state index is 3.00. The molecule has 0 saturated heterocycles. The van der Waals surface area contributed by atoms with Crippen molar-refractivity contribution < 1.29 is 0 Å². The van der Waals surface area contributed by atoms with E-state index in [1.807, 2.05) is 31.3 Å². The lowest BCUT2D eigenvalue weighted by atomic mass is 10.3. The van der Waals surface area contributed by atoms with Gasteiger partial charge in [-0.2, -0.15) is 0 Å². The van der Waals surface area contributed by atoms with Gasteiger partial charge in [0.15, 0.2) is 0 Å². The fourth-order valence-electron chi connectivity index (χ4n) is 0.549. The van der Waals surface area contributed by atoms with Crippen molar-refractivity contribution in [3.05, 3.63) is 30.3 Å². The predicted octanol–water partition coefficient (Wildman–Crippen LogP) is 1.53. The van der Waals surface area contributed by atoms with Crippen LogP contribution in [0.4, 0.5) is 5.69 Å². The second-order valence-corrected chi connectivity index (χ2v) is 1.54. The summed E-state index contributed by atoms with van der Waals surface area (Å²) in [6.45, 7) is 0. The fourth-order valence-corrected chi connectivity index (χ4v) is 0.549. The topological polar surface area (TPSA) is 12.0 Å². The molecule has 0 heterocycles. The van der Waals surface area contributed by atoms with E-state index in [9.17, 15) is 0 Å². The summed E-state index contributed by atoms with van der Waals surface area (Å²) < 4.78 is 0. The standard InChI is InChI=1S/C7H8N/c1-8-7-5-3-2-4-6-7/h2-3,5-6,8H,1H3. The molecular formula is C7H8N. The summed E-state index contributed by atoms with van der Waals surface area (Å²) >= 11 is 0. The minimum Gasteiger partial charge on any atom is -0.388 e. The van der Waals surface area contributed by atoms with E-state index >= 15 is 0 Å². The van der Waals surface area contributed by atoms with E-state index in [-0.39, 0.29) is 0 Å². The van der Waals surface area contributed by atoms with Crippen LogP contribution in [0.25, 0.3) is 0 Å². The third-order valence-corrected chi connectivity index (χ3v) is 0.996. The summed E-state index contributed by atoms with van der Waals surface area (Å²) in [4.78, 5) is 0. The number of rotatable bonds is 1. The molecule has 0 amide bonds. The van der Waals surface area contributed by atoms with Crippen molar-refractivity contribution in [1.82, 2.24) is 0 Å². The van der Waals surface area contributed by atoms with Crippen molar-refractivity contribution in [1.29, 1.82) is 0 Å². The molecule has 41 valence electrons. The first-order valence-corrected chi connectivity index (χ1v) is 2.57. The summed E-state index contributed by atoms with van der Waals surface area (Å²) in [6.07, 6.45) is 0. The lowest BCUT2D eigenvalue weighted by Crippen LogP contribution is -1.84. The Morgan fingerprint density at radius 3 is 2.88 bits per heavy atom. The summed E-state index contributed by atoms with van der Waals surface area (Å²) in [5.74, 6) is 0. The third-order valence-electron chi connectivity index (χ3n) is 0.996. The van der Waals surface area contributed by atoms with Gasteiger partial charge in [0.1, 0.15) is 0 Å². The molecule has 0 unspecified atom stereocenters. The van der Waals surface area contributed by atoms with Gasteiger partial charge in [-0.15, -0.1) is 0 Å². The molecule has 0 atom stereocenters. The summed E-state index contributed by atoms with van der Waals surface area (Å²) in [7, 11) is 1.89. The van der Waals surface area contributed by atoms with Crippen LogP contribution in [0.5, 0.6) is 0 Å². The Morgan fingerprint density at radius 2 is 2.50 bits per heavy atom. The van der Waals surface area contributed by atoms with E-state index in [1.165, 1.54) is 0 Å². The lowest BCUT2D eigenvalue weighted by Gasteiger charge is -1.93. The molecule has 1 aromatic carbocycles. The van der Waals surface area contributed by atoms with Crippen molar-refractivity contribution in [2.75, 3.05) is 12.4 Å². The lowest BCUT2D eigenvalue weighted by molar-refractivity contribution is 1.51. The number of anilines is 1. The summed E-state index contributed by atoms with van der Waals surface area (Å²) in [5, 5.41) is 3.00. The van der Waals surface area contributed by atoms with Gasteiger partial charge in [-0.1, -0.05) is 12.1 Å². The van der Waals surface area contributed by atoms with Gasteiger partial charge in [0.2, 0.25) is 0 Å². The van der Waals surface area contributed by atoms with Crippen molar-refractivity contribution in [2.24, 2.45) is 0 Å². The molecule has 0 aliphatic rings. The molecule has 0 fully saturated rings. The Morgan fingerprint density at radius 1 is 1.62 bits per heavy atom. The highest BCUT2D eigenvalue weighted by Gasteiger charge is 1.78. The Labute approximate surface area is 49.3 Å². The van der Waals surface area contributed by atoms with Crippen LogP contribution < -0.4 is 5.32 Å². The number of hydrogen-bond acceptors (Lipinski definition) is 1. The van der Waals surface area contributed by atoms with Crippen molar-refractivity contribution in [3.63, 3.8) is 0 Å².